The first-order valence-corrected chi connectivity index (χ1v) is 15.7. The van der Waals surface area contributed by atoms with Crippen LogP contribution in [-0.4, -0.2) is 43.8 Å². The van der Waals surface area contributed by atoms with Gasteiger partial charge in [-0.1, -0.05) is 60.3 Å². The topological polar surface area (TPSA) is 86.8 Å². The highest BCUT2D eigenvalue weighted by atomic mass is 35.5. The van der Waals surface area contributed by atoms with Crippen molar-refractivity contribution in [3.63, 3.8) is 0 Å². The highest BCUT2D eigenvalue weighted by Gasteiger charge is 2.35. The number of alkyl halides is 3. The van der Waals surface area contributed by atoms with E-state index in [2.05, 4.69) is 5.32 Å². The molecule has 43 heavy (non-hydrogen) atoms. The SMILES string of the molecule is Cc1ccc(S(=O)(=O)N(CC(=O)N(Cc2cccc(Cl)c2)[C@@H](C)C(=O)NC2CCCC2)c2cccc(C(F)(F)F)c2)cc1. The van der Waals surface area contributed by atoms with E-state index in [0.717, 1.165) is 43.4 Å². The number of halogens is 4. The van der Waals surface area contributed by atoms with Gasteiger partial charge in [0.1, 0.15) is 12.6 Å². The molecule has 12 heteroatoms. The Morgan fingerprint density at radius 3 is 2.28 bits per heavy atom. The molecule has 0 aliphatic heterocycles. The standard InChI is InChI=1S/C31H33ClF3N3O4S/c1-21-13-15-28(16-14-21)43(41,42)38(27-12-6-8-24(18-27)31(33,34)35)20-29(39)37(19-23-7-5-9-25(32)17-23)22(2)30(40)36-26-10-3-4-11-26/h5-9,12-18,22,26H,3-4,10-11,19-20H2,1-2H3,(H,36,40)/t22-/m0/s1. The monoisotopic (exact) mass is 635 g/mol. The number of aryl methyl sites for hydroxylation is 1. The summed E-state index contributed by atoms with van der Waals surface area (Å²) in [4.78, 5) is 28.3. The Kier molecular flexibility index (Phi) is 10.1. The Bertz CT molecular complexity index is 1560. The molecule has 0 bridgehead atoms. The predicted molar refractivity (Wildman–Crippen MR) is 159 cm³/mol. The molecular weight excluding hydrogens is 603 g/mol. The summed E-state index contributed by atoms with van der Waals surface area (Å²) in [6.45, 7) is 2.37. The molecule has 1 aliphatic carbocycles. The minimum absolute atomic E-state index is 0.0263. The number of hydrogen-bond acceptors (Lipinski definition) is 4. The summed E-state index contributed by atoms with van der Waals surface area (Å²) in [5, 5.41) is 3.37. The number of sulfonamides is 1. The van der Waals surface area contributed by atoms with E-state index in [4.69, 9.17) is 11.6 Å². The molecule has 0 heterocycles. The van der Waals surface area contributed by atoms with Gasteiger partial charge in [0.15, 0.2) is 0 Å². The molecule has 1 fully saturated rings. The molecule has 1 N–H and O–H groups in total. The summed E-state index contributed by atoms with van der Waals surface area (Å²) in [5.74, 6) is -1.18. The van der Waals surface area contributed by atoms with Crippen LogP contribution in [0.4, 0.5) is 18.9 Å². The second-order valence-electron chi connectivity index (χ2n) is 10.7. The number of benzene rings is 3. The summed E-state index contributed by atoms with van der Waals surface area (Å²) in [5.41, 5.74) is -0.0417. The van der Waals surface area contributed by atoms with Crippen LogP contribution in [0.25, 0.3) is 0 Å². The summed E-state index contributed by atoms with van der Waals surface area (Å²) in [7, 11) is -4.51. The van der Waals surface area contributed by atoms with E-state index in [1.165, 1.54) is 30.0 Å². The van der Waals surface area contributed by atoms with Gasteiger partial charge in [0.2, 0.25) is 11.8 Å². The smallest absolute Gasteiger partial charge is 0.352 e. The van der Waals surface area contributed by atoms with Crippen molar-refractivity contribution in [2.24, 2.45) is 0 Å². The number of carbonyl (C=O) groups excluding carboxylic acids is 2. The average molecular weight is 636 g/mol. The van der Waals surface area contributed by atoms with Gasteiger partial charge in [0, 0.05) is 17.6 Å². The van der Waals surface area contributed by atoms with Gasteiger partial charge in [0.25, 0.3) is 10.0 Å². The number of amides is 2. The Labute approximate surface area is 254 Å². The molecule has 0 aromatic heterocycles. The summed E-state index contributed by atoms with van der Waals surface area (Å²) >= 11 is 6.16. The van der Waals surface area contributed by atoms with E-state index in [-0.39, 0.29) is 23.2 Å². The van der Waals surface area contributed by atoms with Gasteiger partial charge in [0.05, 0.1) is 16.1 Å². The Balaban J connectivity index is 1.73. The molecule has 0 spiro atoms. The maximum absolute atomic E-state index is 14.0. The van der Waals surface area contributed by atoms with E-state index < -0.39 is 46.2 Å². The molecule has 2 amide bonds. The quantitative estimate of drug-likeness (QED) is 0.282. The lowest BCUT2D eigenvalue weighted by Crippen LogP contribution is -2.52. The molecule has 7 nitrogen and oxygen atoms in total. The second-order valence-corrected chi connectivity index (χ2v) is 13.0. The second kappa shape index (κ2) is 13.4. The zero-order valence-corrected chi connectivity index (χ0v) is 25.3. The lowest BCUT2D eigenvalue weighted by molar-refractivity contribution is -0.139. The summed E-state index contributed by atoms with van der Waals surface area (Å²) in [6.07, 6.45) is -1.15. The van der Waals surface area contributed by atoms with Crippen LogP contribution in [0.1, 0.15) is 49.3 Å². The van der Waals surface area contributed by atoms with E-state index >= 15 is 0 Å². The van der Waals surface area contributed by atoms with Crippen molar-refractivity contribution in [2.75, 3.05) is 10.8 Å². The maximum atomic E-state index is 14.0. The van der Waals surface area contributed by atoms with Crippen LogP contribution in [0.15, 0.2) is 77.7 Å². The van der Waals surface area contributed by atoms with Crippen LogP contribution in [-0.2, 0) is 32.3 Å². The molecule has 0 saturated heterocycles. The van der Waals surface area contributed by atoms with Crippen molar-refractivity contribution in [3.05, 3.63) is 94.5 Å². The van der Waals surface area contributed by atoms with Crippen LogP contribution in [0.2, 0.25) is 5.02 Å². The molecule has 4 rings (SSSR count). The van der Waals surface area contributed by atoms with Crippen molar-refractivity contribution in [1.29, 1.82) is 0 Å². The average Bonchev–Trinajstić information content (AvgIpc) is 3.47. The number of rotatable bonds is 10. The first-order chi connectivity index (χ1) is 20.3. The van der Waals surface area contributed by atoms with Crippen LogP contribution >= 0.6 is 11.6 Å². The first-order valence-electron chi connectivity index (χ1n) is 13.9. The van der Waals surface area contributed by atoms with E-state index in [9.17, 15) is 31.2 Å². The van der Waals surface area contributed by atoms with E-state index in [1.54, 1.807) is 43.3 Å². The highest BCUT2D eigenvalue weighted by Crippen LogP contribution is 2.33. The first kappa shape index (κ1) is 32.3. The van der Waals surface area contributed by atoms with Gasteiger partial charge in [-0.2, -0.15) is 13.2 Å². The summed E-state index contributed by atoms with van der Waals surface area (Å²) < 4.78 is 69.3. The number of carbonyl (C=O) groups is 2. The molecule has 1 atom stereocenters. The van der Waals surface area contributed by atoms with Crippen LogP contribution in [0, 0.1) is 6.92 Å². The molecule has 1 saturated carbocycles. The number of hydrogen-bond donors (Lipinski definition) is 1. The van der Waals surface area contributed by atoms with E-state index in [1.807, 2.05) is 0 Å². The van der Waals surface area contributed by atoms with Gasteiger partial charge >= 0.3 is 6.18 Å². The number of nitrogens with zero attached hydrogens (tertiary/aromatic N) is 2. The van der Waals surface area contributed by atoms with Crippen LogP contribution < -0.4 is 9.62 Å². The minimum atomic E-state index is -4.75. The highest BCUT2D eigenvalue weighted by molar-refractivity contribution is 7.92. The number of anilines is 1. The maximum Gasteiger partial charge on any atom is 0.416 e. The van der Waals surface area contributed by atoms with Crippen molar-refractivity contribution in [2.45, 2.75) is 69.2 Å². The molecule has 1 aliphatic rings. The fourth-order valence-electron chi connectivity index (χ4n) is 5.01. The van der Waals surface area contributed by atoms with Crippen LogP contribution in [0.3, 0.4) is 0 Å². The normalized spacial score (nSPS) is 14.7. The molecule has 0 radical (unpaired) electrons. The lowest BCUT2D eigenvalue weighted by Gasteiger charge is -2.32. The van der Waals surface area contributed by atoms with Gasteiger partial charge in [-0.25, -0.2) is 8.42 Å². The van der Waals surface area contributed by atoms with Gasteiger partial charge in [-0.15, -0.1) is 0 Å². The van der Waals surface area contributed by atoms with Gasteiger partial charge in [-0.05, 0) is 74.7 Å². The van der Waals surface area contributed by atoms with E-state index in [0.29, 0.717) is 21.0 Å². The Hall–Kier alpha value is -3.57. The minimum Gasteiger partial charge on any atom is -0.352 e. The fourth-order valence-corrected chi connectivity index (χ4v) is 6.63. The fraction of sp³-hybridized carbons (Fsp3) is 0.355. The third kappa shape index (κ3) is 8.08. The van der Waals surface area contributed by atoms with Crippen molar-refractivity contribution >= 4 is 39.1 Å². The Morgan fingerprint density at radius 2 is 1.65 bits per heavy atom. The molecule has 3 aromatic carbocycles. The van der Waals surface area contributed by atoms with Gasteiger partial charge in [-0.3, -0.25) is 13.9 Å². The van der Waals surface area contributed by atoms with Crippen molar-refractivity contribution < 1.29 is 31.2 Å². The lowest BCUT2D eigenvalue weighted by atomic mass is 10.1. The van der Waals surface area contributed by atoms with Gasteiger partial charge < -0.3 is 10.2 Å². The number of nitrogens with one attached hydrogen (secondary N) is 1. The van der Waals surface area contributed by atoms with Crippen LogP contribution in [0.5, 0.6) is 0 Å². The third-order valence-corrected chi connectivity index (χ3v) is 9.48. The van der Waals surface area contributed by atoms with Crippen molar-refractivity contribution in [1.82, 2.24) is 10.2 Å². The molecule has 3 aromatic rings. The molecule has 230 valence electrons. The summed E-state index contributed by atoms with van der Waals surface area (Å²) in [6, 6.07) is 15.2. The zero-order valence-electron chi connectivity index (χ0n) is 23.8. The van der Waals surface area contributed by atoms with Crippen molar-refractivity contribution in [3.8, 4) is 0 Å². The largest absolute Gasteiger partial charge is 0.416 e. The molecule has 0 unspecified atom stereocenters. The Morgan fingerprint density at radius 1 is 1.00 bits per heavy atom. The third-order valence-electron chi connectivity index (χ3n) is 7.46. The molecular formula is C31H33ClF3N3O4S. The zero-order chi connectivity index (χ0) is 31.4. The predicted octanol–water partition coefficient (Wildman–Crippen LogP) is 6.34.